The molecule has 1 heterocycles. The standard InChI is InChI=1S/C19H14FNO3S/c1-24-14-8-6-12(7-9-14)16(22)11-18-21-19(23)17(25-18)10-13-4-2-3-5-15(13)20/h2-11H,1H3,(H,21,23)/b17-10+,18-11+. The maximum Gasteiger partial charge on any atom is 0.266 e. The monoisotopic (exact) mass is 355 g/mol. The number of rotatable bonds is 4. The number of benzene rings is 2. The lowest BCUT2D eigenvalue weighted by molar-refractivity contribution is 0.106. The lowest BCUT2D eigenvalue weighted by Crippen LogP contribution is -2.20. The number of thiazole rings is 1. The highest BCUT2D eigenvalue weighted by molar-refractivity contribution is 7.07. The van der Waals surface area contributed by atoms with Crippen LogP contribution in [0.15, 0.2) is 53.3 Å². The summed E-state index contributed by atoms with van der Waals surface area (Å²) in [7, 11) is 1.55. The number of H-pyrrole nitrogens is 1. The number of aromatic nitrogens is 1. The average molecular weight is 355 g/mol. The number of ether oxygens (including phenoxy) is 1. The summed E-state index contributed by atoms with van der Waals surface area (Å²) in [5, 5.41) is 0. The molecule has 25 heavy (non-hydrogen) atoms. The Morgan fingerprint density at radius 2 is 1.88 bits per heavy atom. The van der Waals surface area contributed by atoms with Gasteiger partial charge in [-0.05, 0) is 36.4 Å². The van der Waals surface area contributed by atoms with Crippen LogP contribution in [0.3, 0.4) is 0 Å². The van der Waals surface area contributed by atoms with E-state index in [0.29, 0.717) is 26.1 Å². The molecule has 126 valence electrons. The van der Waals surface area contributed by atoms with Gasteiger partial charge in [0, 0.05) is 17.2 Å². The first-order valence-electron chi connectivity index (χ1n) is 7.42. The molecule has 0 amide bonds. The quantitative estimate of drug-likeness (QED) is 0.729. The van der Waals surface area contributed by atoms with Gasteiger partial charge < -0.3 is 9.72 Å². The van der Waals surface area contributed by atoms with E-state index in [4.69, 9.17) is 4.74 Å². The molecule has 0 saturated heterocycles. The Morgan fingerprint density at radius 1 is 1.16 bits per heavy atom. The SMILES string of the molecule is COc1ccc(C(=O)/C=c2\[nH]c(=O)/c(=C\c3ccccc3F)s2)cc1. The predicted molar refractivity (Wildman–Crippen MR) is 95.9 cm³/mol. The normalized spacial score (nSPS) is 12.4. The van der Waals surface area contributed by atoms with Crippen molar-refractivity contribution in [2.45, 2.75) is 0 Å². The highest BCUT2D eigenvalue weighted by atomic mass is 32.1. The van der Waals surface area contributed by atoms with Crippen molar-refractivity contribution in [3.63, 3.8) is 0 Å². The zero-order chi connectivity index (χ0) is 17.8. The molecule has 3 rings (SSSR count). The lowest BCUT2D eigenvalue weighted by Gasteiger charge is -1.99. The van der Waals surface area contributed by atoms with E-state index in [1.54, 1.807) is 49.6 Å². The van der Waals surface area contributed by atoms with Crippen LogP contribution in [0.25, 0.3) is 12.2 Å². The van der Waals surface area contributed by atoms with E-state index < -0.39 is 5.82 Å². The lowest BCUT2D eigenvalue weighted by atomic mass is 10.1. The first-order valence-corrected chi connectivity index (χ1v) is 8.24. The molecule has 0 aliphatic carbocycles. The summed E-state index contributed by atoms with van der Waals surface area (Å²) in [5.74, 6) is 0.00980. The molecule has 6 heteroatoms. The summed E-state index contributed by atoms with van der Waals surface area (Å²) >= 11 is 1.10. The molecule has 0 saturated carbocycles. The fourth-order valence-electron chi connectivity index (χ4n) is 2.22. The van der Waals surface area contributed by atoms with Crippen LogP contribution in [0.2, 0.25) is 0 Å². The van der Waals surface area contributed by atoms with Gasteiger partial charge in [0.15, 0.2) is 5.78 Å². The topological polar surface area (TPSA) is 59.2 Å². The smallest absolute Gasteiger partial charge is 0.266 e. The van der Waals surface area contributed by atoms with Crippen LogP contribution in [-0.4, -0.2) is 17.9 Å². The minimum atomic E-state index is -0.407. The van der Waals surface area contributed by atoms with E-state index in [1.807, 2.05) is 0 Å². The van der Waals surface area contributed by atoms with Crippen molar-refractivity contribution in [3.05, 3.63) is 85.0 Å². The second-order valence-corrected chi connectivity index (χ2v) is 6.27. The van der Waals surface area contributed by atoms with Crippen molar-refractivity contribution < 1.29 is 13.9 Å². The van der Waals surface area contributed by atoms with Crippen LogP contribution in [0.1, 0.15) is 15.9 Å². The van der Waals surface area contributed by atoms with Gasteiger partial charge in [-0.2, -0.15) is 0 Å². The Balaban J connectivity index is 1.96. The molecule has 3 aromatic rings. The number of carbonyl (C=O) groups excluding carboxylic acids is 1. The summed E-state index contributed by atoms with van der Waals surface area (Å²) < 4.78 is 19.5. The molecule has 1 aromatic heterocycles. The summed E-state index contributed by atoms with van der Waals surface area (Å²) in [4.78, 5) is 26.9. The number of hydrogen-bond acceptors (Lipinski definition) is 4. The van der Waals surface area contributed by atoms with E-state index in [9.17, 15) is 14.0 Å². The molecule has 0 radical (unpaired) electrons. The number of halogens is 1. The zero-order valence-electron chi connectivity index (χ0n) is 13.3. The van der Waals surface area contributed by atoms with E-state index in [2.05, 4.69) is 4.98 Å². The van der Waals surface area contributed by atoms with Gasteiger partial charge in [0.1, 0.15) is 11.6 Å². The van der Waals surface area contributed by atoms with Crippen LogP contribution in [0, 0.1) is 5.82 Å². The van der Waals surface area contributed by atoms with Crippen molar-refractivity contribution in [2.24, 2.45) is 0 Å². The molecule has 0 unspecified atom stereocenters. The van der Waals surface area contributed by atoms with Crippen LogP contribution in [0.5, 0.6) is 5.75 Å². The Hall–Kier alpha value is -2.99. The zero-order valence-corrected chi connectivity index (χ0v) is 14.1. The summed E-state index contributed by atoms with van der Waals surface area (Å²) in [6, 6.07) is 12.9. The molecular weight excluding hydrogens is 341 g/mol. The molecule has 1 N–H and O–H groups in total. The Kier molecular flexibility index (Phi) is 4.90. The third kappa shape index (κ3) is 3.92. The molecule has 4 nitrogen and oxygen atoms in total. The van der Waals surface area contributed by atoms with Crippen LogP contribution >= 0.6 is 11.3 Å². The third-order valence-electron chi connectivity index (χ3n) is 3.51. The fraction of sp³-hybridized carbons (Fsp3) is 0.0526. The molecule has 0 bridgehead atoms. The van der Waals surface area contributed by atoms with Gasteiger partial charge in [-0.15, -0.1) is 11.3 Å². The molecule has 0 atom stereocenters. The predicted octanol–water partition coefficient (Wildman–Crippen LogP) is 2.08. The Morgan fingerprint density at radius 3 is 2.56 bits per heavy atom. The van der Waals surface area contributed by atoms with E-state index in [1.165, 1.54) is 18.2 Å². The number of hydrogen-bond donors (Lipinski definition) is 1. The second-order valence-electron chi connectivity index (χ2n) is 5.19. The van der Waals surface area contributed by atoms with E-state index in [0.717, 1.165) is 11.3 Å². The molecule has 2 aromatic carbocycles. The summed E-state index contributed by atoms with van der Waals surface area (Å²) in [5.41, 5.74) is 0.444. The second kappa shape index (κ2) is 7.27. The molecule has 0 aliphatic heterocycles. The average Bonchev–Trinajstić information content (AvgIpc) is 2.96. The van der Waals surface area contributed by atoms with Gasteiger partial charge in [0.05, 0.1) is 16.3 Å². The Bertz CT molecular complexity index is 1080. The number of methoxy groups -OCH3 is 1. The fourth-order valence-corrected chi connectivity index (χ4v) is 3.09. The van der Waals surface area contributed by atoms with Gasteiger partial charge in [-0.25, -0.2) is 4.39 Å². The van der Waals surface area contributed by atoms with Gasteiger partial charge in [0.2, 0.25) is 0 Å². The summed E-state index contributed by atoms with van der Waals surface area (Å²) in [6.07, 6.45) is 2.82. The highest BCUT2D eigenvalue weighted by Gasteiger charge is 2.04. The minimum Gasteiger partial charge on any atom is -0.497 e. The number of carbonyl (C=O) groups is 1. The number of Topliss-reactive ketones (excluding diaryl/α,β-unsaturated/α-hetero) is 1. The minimum absolute atomic E-state index is 0.238. The van der Waals surface area contributed by atoms with Crippen molar-refractivity contribution in [2.75, 3.05) is 7.11 Å². The highest BCUT2D eigenvalue weighted by Crippen LogP contribution is 2.12. The van der Waals surface area contributed by atoms with Crippen molar-refractivity contribution in [1.82, 2.24) is 4.98 Å². The van der Waals surface area contributed by atoms with Gasteiger partial charge >= 0.3 is 0 Å². The largest absolute Gasteiger partial charge is 0.497 e. The van der Waals surface area contributed by atoms with Crippen LogP contribution in [-0.2, 0) is 0 Å². The van der Waals surface area contributed by atoms with Gasteiger partial charge in [0.25, 0.3) is 5.56 Å². The van der Waals surface area contributed by atoms with Crippen molar-refractivity contribution in [3.8, 4) is 5.75 Å². The van der Waals surface area contributed by atoms with Crippen LogP contribution in [0.4, 0.5) is 4.39 Å². The maximum atomic E-state index is 13.7. The van der Waals surface area contributed by atoms with Crippen molar-refractivity contribution in [1.29, 1.82) is 0 Å². The van der Waals surface area contributed by atoms with Gasteiger partial charge in [-0.3, -0.25) is 9.59 Å². The first kappa shape index (κ1) is 16.9. The van der Waals surface area contributed by atoms with Gasteiger partial charge in [-0.1, -0.05) is 18.2 Å². The third-order valence-corrected chi connectivity index (χ3v) is 4.47. The first-order chi connectivity index (χ1) is 12.1. The Labute approximate surface area is 146 Å². The molecule has 0 fully saturated rings. The van der Waals surface area contributed by atoms with E-state index in [-0.39, 0.29) is 11.3 Å². The number of ketones is 1. The number of aromatic amines is 1. The molecule has 0 aliphatic rings. The van der Waals surface area contributed by atoms with Crippen LogP contribution < -0.4 is 19.5 Å². The van der Waals surface area contributed by atoms with Crippen molar-refractivity contribution >= 4 is 29.3 Å². The summed E-state index contributed by atoms with van der Waals surface area (Å²) in [6.45, 7) is 0. The van der Waals surface area contributed by atoms with E-state index >= 15 is 0 Å². The molecular formula is C19H14FNO3S. The maximum absolute atomic E-state index is 13.7. The number of nitrogens with one attached hydrogen (secondary N) is 1. The molecule has 0 spiro atoms.